The Balaban J connectivity index is 1.48. The van der Waals surface area contributed by atoms with E-state index >= 15 is 0 Å². The van der Waals surface area contributed by atoms with Crippen LogP contribution in [-0.2, 0) is 0 Å². The average Bonchev–Trinajstić information content (AvgIpc) is 2.80. The maximum Gasteiger partial charge on any atom is 0.0781 e. The van der Waals surface area contributed by atoms with E-state index in [1.807, 2.05) is 42.7 Å². The van der Waals surface area contributed by atoms with Crippen molar-refractivity contribution in [2.75, 3.05) is 5.32 Å². The number of anilines is 2. The second-order valence-corrected chi connectivity index (χ2v) is 6.88. The Morgan fingerprint density at radius 2 is 1.31 bits per heavy atom. The number of nitrogens with one attached hydrogen (secondary N) is 1. The number of aromatic nitrogens is 2. The SMILES string of the molecule is c1ccc(-c2cccc(Nc3cccc(-c4nccc5ccccc45)c3)c2)nc1. The molecule has 0 radical (unpaired) electrons. The van der Waals surface area contributed by atoms with Crippen molar-refractivity contribution in [2.24, 2.45) is 0 Å². The van der Waals surface area contributed by atoms with Gasteiger partial charge >= 0.3 is 0 Å². The van der Waals surface area contributed by atoms with E-state index in [-0.39, 0.29) is 0 Å². The lowest BCUT2D eigenvalue weighted by Crippen LogP contribution is -1.92. The molecule has 3 aromatic carbocycles. The van der Waals surface area contributed by atoms with E-state index in [4.69, 9.17) is 0 Å². The van der Waals surface area contributed by atoms with Crippen molar-refractivity contribution >= 4 is 22.1 Å². The molecule has 138 valence electrons. The van der Waals surface area contributed by atoms with Crippen molar-refractivity contribution in [3.8, 4) is 22.5 Å². The second-order valence-electron chi connectivity index (χ2n) is 6.88. The number of benzene rings is 3. The Kier molecular flexibility index (Phi) is 4.47. The largest absolute Gasteiger partial charge is 0.355 e. The molecule has 0 spiro atoms. The predicted octanol–water partition coefficient (Wildman–Crippen LogP) is 6.71. The van der Waals surface area contributed by atoms with Gasteiger partial charge in [-0.25, -0.2) is 0 Å². The van der Waals surface area contributed by atoms with Crippen LogP contribution in [0.25, 0.3) is 33.3 Å². The summed E-state index contributed by atoms with van der Waals surface area (Å²) in [6.45, 7) is 0. The Labute approximate surface area is 169 Å². The minimum absolute atomic E-state index is 0.963. The molecule has 29 heavy (non-hydrogen) atoms. The van der Waals surface area contributed by atoms with Gasteiger partial charge < -0.3 is 5.32 Å². The highest BCUT2D eigenvalue weighted by Crippen LogP contribution is 2.29. The summed E-state index contributed by atoms with van der Waals surface area (Å²) < 4.78 is 0. The minimum Gasteiger partial charge on any atom is -0.355 e. The summed E-state index contributed by atoms with van der Waals surface area (Å²) in [7, 11) is 0. The van der Waals surface area contributed by atoms with E-state index in [1.165, 1.54) is 5.39 Å². The van der Waals surface area contributed by atoms with Gasteiger partial charge in [0.05, 0.1) is 11.4 Å². The van der Waals surface area contributed by atoms with Crippen LogP contribution in [0.1, 0.15) is 0 Å². The second kappa shape index (κ2) is 7.56. The first-order valence-electron chi connectivity index (χ1n) is 9.59. The zero-order chi connectivity index (χ0) is 19.5. The summed E-state index contributed by atoms with van der Waals surface area (Å²) in [5.74, 6) is 0. The monoisotopic (exact) mass is 373 g/mol. The fourth-order valence-corrected chi connectivity index (χ4v) is 3.55. The third-order valence-electron chi connectivity index (χ3n) is 4.92. The zero-order valence-electron chi connectivity index (χ0n) is 15.8. The lowest BCUT2D eigenvalue weighted by atomic mass is 10.0. The molecule has 0 fully saturated rings. The van der Waals surface area contributed by atoms with Gasteiger partial charge in [0.25, 0.3) is 0 Å². The van der Waals surface area contributed by atoms with Crippen LogP contribution < -0.4 is 5.32 Å². The molecule has 5 aromatic rings. The van der Waals surface area contributed by atoms with Gasteiger partial charge in [0.2, 0.25) is 0 Å². The highest BCUT2D eigenvalue weighted by Gasteiger charge is 2.06. The van der Waals surface area contributed by atoms with Crippen molar-refractivity contribution in [3.63, 3.8) is 0 Å². The van der Waals surface area contributed by atoms with Gasteiger partial charge in [-0.2, -0.15) is 0 Å². The topological polar surface area (TPSA) is 37.8 Å². The molecule has 3 nitrogen and oxygen atoms in total. The van der Waals surface area contributed by atoms with Crippen LogP contribution in [0, 0.1) is 0 Å². The van der Waals surface area contributed by atoms with Crippen molar-refractivity contribution in [2.45, 2.75) is 0 Å². The Hall–Kier alpha value is -3.98. The van der Waals surface area contributed by atoms with E-state index in [0.29, 0.717) is 0 Å². The first kappa shape index (κ1) is 17.1. The molecule has 2 heterocycles. The van der Waals surface area contributed by atoms with Gasteiger partial charge in [-0.05, 0) is 47.9 Å². The summed E-state index contributed by atoms with van der Waals surface area (Å²) in [6, 6.07) is 33.0. The number of nitrogens with zero attached hydrogens (tertiary/aromatic N) is 2. The van der Waals surface area contributed by atoms with Crippen molar-refractivity contribution in [1.29, 1.82) is 0 Å². The van der Waals surface area contributed by atoms with E-state index in [1.54, 1.807) is 0 Å². The molecule has 2 aromatic heterocycles. The molecule has 0 saturated carbocycles. The Morgan fingerprint density at radius 1 is 0.552 bits per heavy atom. The van der Waals surface area contributed by atoms with Crippen LogP contribution in [0.3, 0.4) is 0 Å². The van der Waals surface area contributed by atoms with Crippen LogP contribution in [0.4, 0.5) is 11.4 Å². The van der Waals surface area contributed by atoms with Crippen molar-refractivity contribution < 1.29 is 0 Å². The van der Waals surface area contributed by atoms with Crippen LogP contribution in [0.15, 0.2) is 109 Å². The van der Waals surface area contributed by atoms with Crippen molar-refractivity contribution in [1.82, 2.24) is 9.97 Å². The van der Waals surface area contributed by atoms with Gasteiger partial charge in [0, 0.05) is 40.3 Å². The lowest BCUT2D eigenvalue weighted by Gasteiger charge is -2.11. The first-order valence-corrected chi connectivity index (χ1v) is 9.59. The fraction of sp³-hybridized carbons (Fsp3) is 0. The minimum atomic E-state index is 0.963. The molecule has 0 unspecified atom stereocenters. The van der Waals surface area contributed by atoms with Gasteiger partial charge in [-0.1, -0.05) is 54.6 Å². The third-order valence-corrected chi connectivity index (χ3v) is 4.92. The van der Waals surface area contributed by atoms with Gasteiger partial charge in [0.15, 0.2) is 0 Å². The third kappa shape index (κ3) is 3.58. The Morgan fingerprint density at radius 3 is 2.14 bits per heavy atom. The molecule has 0 aliphatic heterocycles. The van der Waals surface area contributed by atoms with Crippen LogP contribution >= 0.6 is 0 Å². The molecule has 0 amide bonds. The molecule has 3 heteroatoms. The summed E-state index contributed by atoms with van der Waals surface area (Å²) in [5.41, 5.74) is 6.18. The standard InChI is InChI=1S/C26H19N3/c1-2-12-24-19(7-1)14-16-28-26(24)21-9-6-11-23(18-21)29-22-10-5-8-20(17-22)25-13-3-4-15-27-25/h1-18,29H. The molecule has 0 atom stereocenters. The van der Waals surface area contributed by atoms with E-state index < -0.39 is 0 Å². The van der Waals surface area contributed by atoms with Crippen LogP contribution in [-0.4, -0.2) is 9.97 Å². The summed E-state index contributed by atoms with van der Waals surface area (Å²) >= 11 is 0. The smallest absolute Gasteiger partial charge is 0.0781 e. The Bertz CT molecular complexity index is 1270. The highest BCUT2D eigenvalue weighted by molar-refractivity contribution is 5.94. The number of fused-ring (bicyclic) bond motifs is 1. The van der Waals surface area contributed by atoms with Crippen LogP contribution in [0.5, 0.6) is 0 Å². The first-order chi connectivity index (χ1) is 14.4. The number of hydrogen-bond donors (Lipinski definition) is 1. The molecule has 0 aliphatic carbocycles. The highest BCUT2D eigenvalue weighted by atomic mass is 14.9. The lowest BCUT2D eigenvalue weighted by molar-refractivity contribution is 1.33. The maximum absolute atomic E-state index is 4.64. The normalized spacial score (nSPS) is 10.8. The molecule has 0 bridgehead atoms. The van der Waals surface area contributed by atoms with Crippen LogP contribution in [0.2, 0.25) is 0 Å². The molecule has 0 saturated heterocycles. The molecule has 1 N–H and O–H groups in total. The van der Waals surface area contributed by atoms with Crippen molar-refractivity contribution in [3.05, 3.63) is 109 Å². The average molecular weight is 373 g/mol. The maximum atomic E-state index is 4.64. The van der Waals surface area contributed by atoms with Gasteiger partial charge in [-0.3, -0.25) is 9.97 Å². The number of pyridine rings is 2. The summed E-state index contributed by atoms with van der Waals surface area (Å²) in [6.07, 6.45) is 3.68. The number of hydrogen-bond acceptors (Lipinski definition) is 3. The van der Waals surface area contributed by atoms with E-state index in [2.05, 4.69) is 82.0 Å². The summed E-state index contributed by atoms with van der Waals surface area (Å²) in [4.78, 5) is 9.09. The predicted molar refractivity (Wildman–Crippen MR) is 120 cm³/mol. The fourth-order valence-electron chi connectivity index (χ4n) is 3.55. The van der Waals surface area contributed by atoms with Gasteiger partial charge in [0.1, 0.15) is 0 Å². The molecule has 0 aliphatic rings. The molecule has 5 rings (SSSR count). The van der Waals surface area contributed by atoms with E-state index in [0.717, 1.165) is 39.3 Å². The molecular formula is C26H19N3. The van der Waals surface area contributed by atoms with E-state index in [9.17, 15) is 0 Å². The molecular weight excluding hydrogens is 354 g/mol. The number of rotatable bonds is 4. The van der Waals surface area contributed by atoms with Gasteiger partial charge in [-0.15, -0.1) is 0 Å². The quantitative estimate of drug-likeness (QED) is 0.380. The zero-order valence-corrected chi connectivity index (χ0v) is 15.8. The summed E-state index contributed by atoms with van der Waals surface area (Å²) in [5, 5.41) is 5.87.